The highest BCUT2D eigenvalue weighted by molar-refractivity contribution is 5.89. The van der Waals surface area contributed by atoms with Gasteiger partial charge in [0.05, 0.1) is 18.7 Å². The zero-order valence-electron chi connectivity index (χ0n) is 13.2. The summed E-state index contributed by atoms with van der Waals surface area (Å²) in [6.07, 6.45) is 6.58. The van der Waals surface area contributed by atoms with E-state index in [1.54, 1.807) is 11.2 Å². The van der Waals surface area contributed by atoms with Gasteiger partial charge in [0.25, 0.3) is 0 Å². The average Bonchev–Trinajstić information content (AvgIpc) is 3.23. The highest BCUT2D eigenvalue weighted by Crippen LogP contribution is 2.28. The third-order valence-corrected chi connectivity index (χ3v) is 4.88. The molecule has 0 spiro atoms. The van der Waals surface area contributed by atoms with E-state index in [1.807, 2.05) is 24.0 Å². The Kier molecular flexibility index (Phi) is 4.50. The summed E-state index contributed by atoms with van der Waals surface area (Å²) in [7, 11) is 0. The van der Waals surface area contributed by atoms with Gasteiger partial charge in [-0.25, -0.2) is 0 Å². The van der Waals surface area contributed by atoms with Gasteiger partial charge in [0.15, 0.2) is 0 Å². The molecule has 0 aromatic carbocycles. The van der Waals surface area contributed by atoms with E-state index in [0.717, 1.165) is 25.1 Å². The maximum absolute atomic E-state index is 12.8. The maximum Gasteiger partial charge on any atom is 0.228 e. The molecule has 120 valence electrons. The lowest BCUT2D eigenvalue weighted by atomic mass is 10.1. The molecule has 2 amide bonds. The van der Waals surface area contributed by atoms with Crippen LogP contribution in [0.5, 0.6) is 0 Å². The molecule has 1 atom stereocenters. The molecule has 3 rings (SSSR count). The van der Waals surface area contributed by atoms with Gasteiger partial charge in [-0.2, -0.15) is 0 Å². The molecular formula is C17H24N2O3. The van der Waals surface area contributed by atoms with Crippen molar-refractivity contribution in [2.24, 2.45) is 5.92 Å². The summed E-state index contributed by atoms with van der Waals surface area (Å²) in [5.41, 5.74) is 0. The number of hydrogen-bond donors (Lipinski definition) is 0. The molecule has 1 saturated heterocycles. The Morgan fingerprint density at radius 3 is 2.82 bits per heavy atom. The first-order valence-electron chi connectivity index (χ1n) is 8.29. The van der Waals surface area contributed by atoms with Crippen molar-refractivity contribution in [3.63, 3.8) is 0 Å². The van der Waals surface area contributed by atoms with Gasteiger partial charge < -0.3 is 14.2 Å². The number of nitrogens with zero attached hydrogens (tertiary/aromatic N) is 2. The van der Waals surface area contributed by atoms with Gasteiger partial charge in [0.2, 0.25) is 11.8 Å². The van der Waals surface area contributed by atoms with Crippen LogP contribution in [0.2, 0.25) is 0 Å². The largest absolute Gasteiger partial charge is 0.467 e. The predicted molar refractivity (Wildman–Crippen MR) is 81.9 cm³/mol. The molecule has 0 N–H and O–H groups in total. The van der Waals surface area contributed by atoms with Crippen molar-refractivity contribution in [2.75, 3.05) is 13.1 Å². The lowest BCUT2D eigenvalue weighted by Gasteiger charge is -2.30. The van der Waals surface area contributed by atoms with Crippen molar-refractivity contribution < 1.29 is 14.0 Å². The van der Waals surface area contributed by atoms with Crippen molar-refractivity contribution in [3.05, 3.63) is 24.2 Å². The summed E-state index contributed by atoms with van der Waals surface area (Å²) in [5.74, 6) is 0.787. The third kappa shape index (κ3) is 3.03. The van der Waals surface area contributed by atoms with Crippen LogP contribution >= 0.6 is 0 Å². The Labute approximate surface area is 131 Å². The summed E-state index contributed by atoms with van der Waals surface area (Å²) in [6.45, 7) is 3.76. The minimum absolute atomic E-state index is 0.0530. The van der Waals surface area contributed by atoms with Crippen LogP contribution in [0, 0.1) is 5.92 Å². The van der Waals surface area contributed by atoms with Gasteiger partial charge in [-0.15, -0.1) is 0 Å². The molecule has 2 heterocycles. The Hall–Kier alpha value is -1.78. The molecule has 1 aliphatic carbocycles. The fraction of sp³-hybridized carbons (Fsp3) is 0.647. The number of furan rings is 1. The highest BCUT2D eigenvalue weighted by atomic mass is 16.3. The van der Waals surface area contributed by atoms with Gasteiger partial charge >= 0.3 is 0 Å². The van der Waals surface area contributed by atoms with Crippen LogP contribution in [0.3, 0.4) is 0 Å². The van der Waals surface area contributed by atoms with Crippen LogP contribution < -0.4 is 0 Å². The van der Waals surface area contributed by atoms with Crippen LogP contribution in [0.25, 0.3) is 0 Å². The van der Waals surface area contributed by atoms with E-state index in [9.17, 15) is 9.59 Å². The van der Waals surface area contributed by atoms with Crippen LogP contribution in [-0.2, 0) is 16.1 Å². The lowest BCUT2D eigenvalue weighted by molar-refractivity contribution is -0.137. The van der Waals surface area contributed by atoms with E-state index in [4.69, 9.17) is 4.42 Å². The fourth-order valence-electron chi connectivity index (χ4n) is 3.73. The van der Waals surface area contributed by atoms with Gasteiger partial charge in [0, 0.05) is 25.6 Å². The first-order valence-corrected chi connectivity index (χ1v) is 8.29. The van der Waals surface area contributed by atoms with Crippen molar-refractivity contribution in [2.45, 2.75) is 51.6 Å². The predicted octanol–water partition coefficient (Wildman–Crippen LogP) is 2.42. The maximum atomic E-state index is 12.8. The molecule has 0 radical (unpaired) electrons. The number of likely N-dealkylation sites (tertiary alicyclic amines) is 1. The summed E-state index contributed by atoms with van der Waals surface area (Å²) < 4.78 is 5.30. The standard InChI is InChI=1S/C17H24N2O3/c1-2-19(14-6-3-4-7-14)17(21)13-10-16(20)18(11-13)12-15-8-5-9-22-15/h5,8-9,13-14H,2-4,6-7,10-12H2,1H3. The zero-order chi connectivity index (χ0) is 15.5. The second kappa shape index (κ2) is 6.55. The minimum atomic E-state index is -0.192. The Morgan fingerprint density at radius 1 is 1.41 bits per heavy atom. The second-order valence-electron chi connectivity index (χ2n) is 6.32. The van der Waals surface area contributed by atoms with Crippen molar-refractivity contribution >= 4 is 11.8 Å². The van der Waals surface area contributed by atoms with Crippen molar-refractivity contribution in [3.8, 4) is 0 Å². The molecule has 1 unspecified atom stereocenters. The number of hydrogen-bond acceptors (Lipinski definition) is 3. The summed E-state index contributed by atoms with van der Waals surface area (Å²) in [6, 6.07) is 4.06. The van der Waals surface area contributed by atoms with E-state index >= 15 is 0 Å². The van der Waals surface area contributed by atoms with E-state index in [1.165, 1.54) is 12.8 Å². The normalized spacial score (nSPS) is 22.5. The molecule has 1 saturated carbocycles. The van der Waals surface area contributed by atoms with E-state index in [2.05, 4.69) is 0 Å². The van der Waals surface area contributed by atoms with Crippen LogP contribution in [-0.4, -0.2) is 40.7 Å². The number of amides is 2. The lowest BCUT2D eigenvalue weighted by Crippen LogP contribution is -2.43. The summed E-state index contributed by atoms with van der Waals surface area (Å²) in [4.78, 5) is 28.7. The monoisotopic (exact) mass is 304 g/mol. The molecule has 1 aromatic rings. The number of rotatable bonds is 5. The van der Waals surface area contributed by atoms with Crippen molar-refractivity contribution in [1.82, 2.24) is 9.80 Å². The molecule has 5 heteroatoms. The SMILES string of the molecule is CCN(C(=O)C1CC(=O)N(Cc2ccco2)C1)C1CCCC1. The number of carbonyl (C=O) groups excluding carboxylic acids is 2. The molecule has 2 fully saturated rings. The van der Waals surface area contributed by atoms with E-state index < -0.39 is 0 Å². The topological polar surface area (TPSA) is 53.8 Å². The highest BCUT2D eigenvalue weighted by Gasteiger charge is 2.38. The van der Waals surface area contributed by atoms with Crippen molar-refractivity contribution in [1.29, 1.82) is 0 Å². The minimum Gasteiger partial charge on any atom is -0.467 e. The first-order chi connectivity index (χ1) is 10.7. The average molecular weight is 304 g/mol. The third-order valence-electron chi connectivity index (χ3n) is 4.88. The smallest absolute Gasteiger partial charge is 0.228 e. The Morgan fingerprint density at radius 2 is 2.18 bits per heavy atom. The quantitative estimate of drug-likeness (QED) is 0.839. The molecule has 1 aromatic heterocycles. The van der Waals surface area contributed by atoms with Gasteiger partial charge in [-0.05, 0) is 31.9 Å². The van der Waals surface area contributed by atoms with Gasteiger partial charge in [0.1, 0.15) is 5.76 Å². The van der Waals surface area contributed by atoms with E-state index in [0.29, 0.717) is 25.6 Å². The van der Waals surface area contributed by atoms with E-state index in [-0.39, 0.29) is 17.7 Å². The molecule has 5 nitrogen and oxygen atoms in total. The molecule has 0 bridgehead atoms. The molecule has 1 aliphatic heterocycles. The van der Waals surface area contributed by atoms with Crippen LogP contribution in [0.1, 0.15) is 44.8 Å². The molecular weight excluding hydrogens is 280 g/mol. The molecule has 22 heavy (non-hydrogen) atoms. The Balaban J connectivity index is 1.62. The number of carbonyl (C=O) groups is 2. The van der Waals surface area contributed by atoms with Gasteiger partial charge in [-0.1, -0.05) is 12.8 Å². The fourth-order valence-corrected chi connectivity index (χ4v) is 3.73. The van der Waals surface area contributed by atoms with Crippen LogP contribution in [0.15, 0.2) is 22.8 Å². The zero-order valence-corrected chi connectivity index (χ0v) is 13.2. The second-order valence-corrected chi connectivity index (χ2v) is 6.32. The molecule has 2 aliphatic rings. The first kappa shape index (κ1) is 15.1. The van der Waals surface area contributed by atoms with Gasteiger partial charge in [-0.3, -0.25) is 9.59 Å². The Bertz CT molecular complexity index is 520. The summed E-state index contributed by atoms with van der Waals surface area (Å²) >= 11 is 0. The van der Waals surface area contributed by atoms with Crippen LogP contribution in [0.4, 0.5) is 0 Å². The summed E-state index contributed by atoms with van der Waals surface area (Å²) in [5, 5.41) is 0.